The molecule has 2 N–H and O–H groups in total. The maximum Gasteiger partial charge on any atom is 0.254 e. The largest absolute Gasteiger partial charge is 0.350 e. The van der Waals surface area contributed by atoms with Gasteiger partial charge in [0.1, 0.15) is 11.6 Å². The van der Waals surface area contributed by atoms with Crippen LogP contribution in [0, 0.1) is 18.6 Å². The highest BCUT2D eigenvalue weighted by Crippen LogP contribution is 2.11. The lowest BCUT2D eigenvalue weighted by molar-refractivity contribution is 0.0949. The van der Waals surface area contributed by atoms with Crippen LogP contribution in [0.4, 0.5) is 14.7 Å². The summed E-state index contributed by atoms with van der Waals surface area (Å²) in [5.41, 5.74) is 2.12. The predicted octanol–water partition coefficient (Wildman–Crippen LogP) is 3.61. The lowest BCUT2D eigenvalue weighted by Gasteiger charge is -2.10. The summed E-state index contributed by atoms with van der Waals surface area (Å²) in [6, 6.07) is 12.3. The average Bonchev–Trinajstić information content (AvgIpc) is 2.67. The van der Waals surface area contributed by atoms with Crippen molar-refractivity contribution in [1.29, 1.82) is 0 Å². The fraction of sp³-hybridized carbons (Fsp3) is 0.150. The van der Waals surface area contributed by atoms with E-state index in [1.165, 1.54) is 24.4 Å². The molecule has 0 aliphatic rings. The van der Waals surface area contributed by atoms with Gasteiger partial charge in [0.2, 0.25) is 5.95 Å². The van der Waals surface area contributed by atoms with E-state index in [1.54, 1.807) is 37.3 Å². The number of anilines is 1. The van der Waals surface area contributed by atoms with Crippen LogP contribution in [0.15, 0.2) is 54.7 Å². The third-order valence-electron chi connectivity index (χ3n) is 3.99. The molecule has 0 atom stereocenters. The quantitative estimate of drug-likeness (QED) is 0.698. The van der Waals surface area contributed by atoms with Gasteiger partial charge in [-0.15, -0.1) is 0 Å². The van der Waals surface area contributed by atoms with Gasteiger partial charge in [0.15, 0.2) is 0 Å². The molecule has 0 fully saturated rings. The van der Waals surface area contributed by atoms with E-state index in [2.05, 4.69) is 20.6 Å². The number of rotatable bonds is 6. The molecule has 0 aliphatic carbocycles. The topological polar surface area (TPSA) is 66.9 Å². The van der Waals surface area contributed by atoms with E-state index >= 15 is 0 Å². The van der Waals surface area contributed by atoms with Gasteiger partial charge in [-0.05, 0) is 30.7 Å². The Balaban J connectivity index is 1.61. The number of aromatic nitrogens is 2. The van der Waals surface area contributed by atoms with Crippen LogP contribution >= 0.6 is 0 Å². The fourth-order valence-electron chi connectivity index (χ4n) is 2.47. The maximum absolute atomic E-state index is 13.6. The summed E-state index contributed by atoms with van der Waals surface area (Å²) in [5, 5.41) is 5.69. The molecule has 0 spiro atoms. The normalized spacial score (nSPS) is 10.5. The van der Waals surface area contributed by atoms with Crippen molar-refractivity contribution in [2.24, 2.45) is 0 Å². The van der Waals surface area contributed by atoms with E-state index in [1.807, 2.05) is 0 Å². The van der Waals surface area contributed by atoms with Gasteiger partial charge in [-0.3, -0.25) is 4.79 Å². The molecule has 1 amide bonds. The highest BCUT2D eigenvalue weighted by molar-refractivity contribution is 5.94. The van der Waals surface area contributed by atoms with Crippen molar-refractivity contribution in [3.05, 3.63) is 88.7 Å². The molecule has 138 valence electrons. The number of amides is 1. The lowest BCUT2D eigenvalue weighted by atomic mass is 10.2. The molecule has 0 saturated carbocycles. The predicted molar refractivity (Wildman–Crippen MR) is 98.1 cm³/mol. The Morgan fingerprint density at radius 2 is 1.78 bits per heavy atom. The fourth-order valence-corrected chi connectivity index (χ4v) is 2.47. The molecule has 27 heavy (non-hydrogen) atoms. The molecule has 1 heterocycles. The second-order valence-electron chi connectivity index (χ2n) is 5.95. The Bertz CT molecular complexity index is 945. The van der Waals surface area contributed by atoms with Crippen LogP contribution in [0.2, 0.25) is 0 Å². The van der Waals surface area contributed by atoms with Crippen LogP contribution in [0.3, 0.4) is 0 Å². The highest BCUT2D eigenvalue weighted by Gasteiger charge is 2.12. The summed E-state index contributed by atoms with van der Waals surface area (Å²) >= 11 is 0. The third kappa shape index (κ3) is 4.84. The van der Waals surface area contributed by atoms with E-state index in [-0.39, 0.29) is 30.6 Å². The Kier molecular flexibility index (Phi) is 5.71. The zero-order chi connectivity index (χ0) is 19.2. The minimum absolute atomic E-state index is 0.238. The maximum atomic E-state index is 13.6. The van der Waals surface area contributed by atoms with Crippen molar-refractivity contribution in [3.8, 4) is 0 Å². The summed E-state index contributed by atoms with van der Waals surface area (Å²) in [5.74, 6) is -0.644. The molecule has 0 aliphatic heterocycles. The SMILES string of the molecule is Cc1nc(NCc2ccccc2F)ncc1C(=O)NCc1ccc(F)cc1. The molecule has 0 saturated heterocycles. The number of hydrogen-bond donors (Lipinski definition) is 2. The van der Waals surface area contributed by atoms with E-state index in [0.29, 0.717) is 22.8 Å². The van der Waals surface area contributed by atoms with Crippen LogP contribution in [0.5, 0.6) is 0 Å². The molecule has 0 radical (unpaired) electrons. The van der Waals surface area contributed by atoms with Crippen molar-refractivity contribution in [1.82, 2.24) is 15.3 Å². The van der Waals surface area contributed by atoms with E-state index in [0.717, 1.165) is 5.56 Å². The Morgan fingerprint density at radius 3 is 2.48 bits per heavy atom. The summed E-state index contributed by atoms with van der Waals surface area (Å²) in [6.07, 6.45) is 1.42. The van der Waals surface area contributed by atoms with E-state index in [4.69, 9.17) is 0 Å². The van der Waals surface area contributed by atoms with Gasteiger partial charge in [-0.1, -0.05) is 30.3 Å². The summed E-state index contributed by atoms with van der Waals surface area (Å²) < 4.78 is 26.5. The number of aryl methyl sites for hydroxylation is 1. The van der Waals surface area contributed by atoms with Gasteiger partial charge in [0.05, 0.1) is 11.3 Å². The molecule has 0 unspecified atom stereocenters. The Labute approximate surface area is 155 Å². The van der Waals surface area contributed by atoms with Crippen LogP contribution in [-0.4, -0.2) is 15.9 Å². The van der Waals surface area contributed by atoms with Gasteiger partial charge in [-0.2, -0.15) is 0 Å². The minimum Gasteiger partial charge on any atom is -0.350 e. The van der Waals surface area contributed by atoms with Crippen molar-refractivity contribution < 1.29 is 13.6 Å². The van der Waals surface area contributed by atoms with E-state index < -0.39 is 0 Å². The van der Waals surface area contributed by atoms with Gasteiger partial charge in [0, 0.05) is 24.8 Å². The number of hydrogen-bond acceptors (Lipinski definition) is 4. The smallest absolute Gasteiger partial charge is 0.254 e. The molecular formula is C20H18F2N4O. The summed E-state index contributed by atoms with van der Waals surface area (Å²) in [7, 11) is 0. The molecule has 1 aromatic heterocycles. The standard InChI is InChI=1S/C20H18F2N4O/c1-13-17(19(27)23-10-14-6-8-16(21)9-7-14)12-25-20(26-13)24-11-15-4-2-3-5-18(15)22/h2-9,12H,10-11H2,1H3,(H,23,27)(H,24,25,26). The zero-order valence-corrected chi connectivity index (χ0v) is 14.7. The number of carbonyl (C=O) groups excluding carboxylic acids is 1. The number of carbonyl (C=O) groups is 1. The first-order valence-corrected chi connectivity index (χ1v) is 8.36. The molecular weight excluding hydrogens is 350 g/mol. The van der Waals surface area contributed by atoms with Gasteiger partial charge >= 0.3 is 0 Å². The zero-order valence-electron chi connectivity index (χ0n) is 14.7. The van der Waals surface area contributed by atoms with Gasteiger partial charge in [-0.25, -0.2) is 18.7 Å². The van der Waals surface area contributed by atoms with Crippen molar-refractivity contribution in [3.63, 3.8) is 0 Å². The van der Waals surface area contributed by atoms with Crippen LogP contribution in [0.1, 0.15) is 27.2 Å². The Hall–Kier alpha value is -3.35. The van der Waals surface area contributed by atoms with E-state index in [9.17, 15) is 13.6 Å². The number of benzene rings is 2. The molecule has 2 aromatic carbocycles. The first-order valence-electron chi connectivity index (χ1n) is 8.36. The third-order valence-corrected chi connectivity index (χ3v) is 3.99. The van der Waals surface area contributed by atoms with Crippen LogP contribution in [0.25, 0.3) is 0 Å². The van der Waals surface area contributed by atoms with Crippen molar-refractivity contribution in [2.45, 2.75) is 20.0 Å². The summed E-state index contributed by atoms with van der Waals surface area (Å²) in [6.45, 7) is 2.21. The molecule has 3 rings (SSSR count). The minimum atomic E-state index is -0.326. The lowest BCUT2D eigenvalue weighted by Crippen LogP contribution is -2.24. The molecule has 5 nitrogen and oxygen atoms in total. The number of nitrogens with one attached hydrogen (secondary N) is 2. The number of nitrogens with zero attached hydrogens (tertiary/aromatic N) is 2. The second kappa shape index (κ2) is 8.35. The Morgan fingerprint density at radius 1 is 1.04 bits per heavy atom. The monoisotopic (exact) mass is 368 g/mol. The van der Waals surface area contributed by atoms with Crippen molar-refractivity contribution in [2.75, 3.05) is 5.32 Å². The highest BCUT2D eigenvalue weighted by atomic mass is 19.1. The van der Waals surface area contributed by atoms with Gasteiger partial charge in [0.25, 0.3) is 5.91 Å². The average molecular weight is 368 g/mol. The molecule has 0 bridgehead atoms. The molecule has 7 heteroatoms. The summed E-state index contributed by atoms with van der Waals surface area (Å²) in [4.78, 5) is 20.7. The first kappa shape index (κ1) is 18.4. The first-order chi connectivity index (χ1) is 13.0. The van der Waals surface area contributed by atoms with Gasteiger partial charge < -0.3 is 10.6 Å². The van der Waals surface area contributed by atoms with Crippen LogP contribution in [-0.2, 0) is 13.1 Å². The van der Waals surface area contributed by atoms with Crippen LogP contribution < -0.4 is 10.6 Å². The molecule has 3 aromatic rings. The number of halogens is 2. The second-order valence-corrected chi connectivity index (χ2v) is 5.95. The van der Waals surface area contributed by atoms with Crippen molar-refractivity contribution >= 4 is 11.9 Å².